The Kier molecular flexibility index (Phi) is 7.54. The zero-order valence-corrected chi connectivity index (χ0v) is 22.5. The lowest BCUT2D eigenvalue weighted by atomic mass is 9.74. The number of anilines is 1. The zero-order valence-electron chi connectivity index (χ0n) is 21.8. The van der Waals surface area contributed by atoms with E-state index in [2.05, 4.69) is 5.32 Å². The van der Waals surface area contributed by atoms with Crippen molar-refractivity contribution in [2.75, 3.05) is 24.6 Å². The second kappa shape index (κ2) is 10.7. The van der Waals surface area contributed by atoms with Crippen molar-refractivity contribution < 1.29 is 33.8 Å². The molecule has 11 heteroatoms. The molecule has 1 aromatic carbocycles. The maximum atomic E-state index is 14.5. The molecule has 0 aromatic heterocycles. The summed E-state index contributed by atoms with van der Waals surface area (Å²) in [6.45, 7) is 3.17. The van der Waals surface area contributed by atoms with E-state index in [1.165, 1.54) is 9.80 Å². The fourth-order valence-electron chi connectivity index (χ4n) is 6.02. The van der Waals surface area contributed by atoms with Crippen LogP contribution in [0.4, 0.5) is 5.69 Å². The molecule has 7 atom stereocenters. The first-order valence-electron chi connectivity index (χ1n) is 13.2. The molecule has 3 amide bonds. The van der Waals surface area contributed by atoms with Crippen LogP contribution in [0.25, 0.3) is 0 Å². The van der Waals surface area contributed by atoms with Gasteiger partial charge in [-0.05, 0) is 32.4 Å². The summed E-state index contributed by atoms with van der Waals surface area (Å²) in [4.78, 5) is 57.0. The predicted octanol–water partition coefficient (Wildman–Crippen LogP) is 1.60. The molecule has 0 unspecified atom stereocenters. The van der Waals surface area contributed by atoms with Crippen molar-refractivity contribution in [3.05, 3.63) is 53.6 Å². The molecule has 4 aliphatic heterocycles. The summed E-state index contributed by atoms with van der Waals surface area (Å²) in [7, 11) is 0. The highest BCUT2D eigenvalue weighted by molar-refractivity contribution is 6.34. The molecule has 0 aliphatic carbocycles. The third-order valence-electron chi connectivity index (χ3n) is 7.86. The van der Waals surface area contributed by atoms with Crippen molar-refractivity contribution in [2.24, 2.45) is 11.8 Å². The fourth-order valence-corrected chi connectivity index (χ4v) is 6.26. The number of esters is 1. The van der Waals surface area contributed by atoms with Gasteiger partial charge >= 0.3 is 5.97 Å². The fraction of sp³-hybridized carbons (Fsp3) is 0.500. The van der Waals surface area contributed by atoms with E-state index in [0.29, 0.717) is 17.1 Å². The Bertz CT molecular complexity index is 1240. The Morgan fingerprint density at radius 3 is 2.69 bits per heavy atom. The van der Waals surface area contributed by atoms with Gasteiger partial charge < -0.3 is 29.7 Å². The highest BCUT2D eigenvalue weighted by Gasteiger charge is 2.74. The molecule has 5 rings (SSSR count). The number of allylic oxidation sites excluding steroid dienone is 1. The maximum Gasteiger partial charge on any atom is 0.313 e. The summed E-state index contributed by atoms with van der Waals surface area (Å²) >= 11 is 6.52. The van der Waals surface area contributed by atoms with Gasteiger partial charge in [-0.15, -0.1) is 0 Å². The number of rotatable bonds is 3. The molecule has 0 saturated carbocycles. The lowest BCUT2D eigenvalue weighted by molar-refractivity contribution is -0.158. The van der Waals surface area contributed by atoms with Crippen molar-refractivity contribution in [1.29, 1.82) is 0 Å². The van der Waals surface area contributed by atoms with E-state index >= 15 is 0 Å². The number of halogens is 1. The van der Waals surface area contributed by atoms with Crippen LogP contribution in [0, 0.1) is 11.8 Å². The van der Waals surface area contributed by atoms with Crippen molar-refractivity contribution in [3.8, 4) is 0 Å². The van der Waals surface area contributed by atoms with Gasteiger partial charge in [0.2, 0.25) is 11.8 Å². The monoisotopic (exact) mass is 557 g/mol. The van der Waals surface area contributed by atoms with Crippen LogP contribution in [0.3, 0.4) is 0 Å². The molecule has 0 radical (unpaired) electrons. The Morgan fingerprint density at radius 1 is 1.18 bits per heavy atom. The average Bonchev–Trinajstić information content (AvgIpc) is 3.56. The second-order valence-electron chi connectivity index (χ2n) is 10.4. The number of carbonyl (C=O) groups is 4. The average molecular weight is 558 g/mol. The zero-order chi connectivity index (χ0) is 27.9. The molecule has 39 heavy (non-hydrogen) atoms. The largest absolute Gasteiger partial charge is 0.460 e. The number of aliphatic hydroxyl groups is 1. The normalized spacial score (nSPS) is 34.6. The highest BCUT2D eigenvalue weighted by atomic mass is 35.5. The standard InChI is InChI=1S/C28H32ClN3O7/c1-16(15-33)32-24-26(36)31(19-9-6-5-8-18(19)29)13-7-3-4-10-21(34)30-14-17(2)38-27(37)22-20-11-12-28(24,39-20)23(22)25(32)35/h3,5-9,11-12,16-17,20,22-24,33H,4,10,13-15H2,1-2H3,(H,30,34)/b7-3-/t16-,17-,20+,22-,23-,24+,28-/m1/s1. The Morgan fingerprint density at radius 2 is 1.95 bits per heavy atom. The molecule has 10 nitrogen and oxygen atoms in total. The van der Waals surface area contributed by atoms with Gasteiger partial charge in [-0.1, -0.05) is 48.0 Å². The number of para-hydroxylation sites is 1. The summed E-state index contributed by atoms with van der Waals surface area (Å²) in [5.74, 6) is -3.73. The molecule has 1 spiro atoms. The Hall–Kier alpha value is -3.21. The van der Waals surface area contributed by atoms with Crippen LogP contribution < -0.4 is 10.2 Å². The first-order chi connectivity index (χ1) is 18.7. The molecule has 5 bridgehead atoms. The first kappa shape index (κ1) is 27.4. The predicted molar refractivity (Wildman–Crippen MR) is 142 cm³/mol. The lowest BCUT2D eigenvalue weighted by Crippen LogP contribution is -2.58. The van der Waals surface area contributed by atoms with Gasteiger partial charge in [-0.3, -0.25) is 19.2 Å². The minimum atomic E-state index is -1.42. The number of likely N-dealkylation sites (tertiary alicyclic amines) is 1. The number of benzene rings is 1. The van der Waals surface area contributed by atoms with Gasteiger partial charge in [-0.25, -0.2) is 0 Å². The lowest BCUT2D eigenvalue weighted by Gasteiger charge is -2.38. The number of cyclic esters (lactones) is 1. The number of amides is 3. The number of hydrogen-bond acceptors (Lipinski definition) is 7. The summed E-state index contributed by atoms with van der Waals surface area (Å²) in [5.41, 5.74) is -0.977. The highest BCUT2D eigenvalue weighted by Crippen LogP contribution is 2.56. The van der Waals surface area contributed by atoms with E-state index in [1.54, 1.807) is 62.4 Å². The Labute approximate surface area is 231 Å². The van der Waals surface area contributed by atoms with Crippen LogP contribution in [-0.2, 0) is 28.7 Å². The molecule has 2 fully saturated rings. The number of hydrogen-bond donors (Lipinski definition) is 2. The van der Waals surface area contributed by atoms with Crippen LogP contribution in [0.2, 0.25) is 5.02 Å². The quantitative estimate of drug-likeness (QED) is 0.427. The number of nitrogens with zero attached hydrogens (tertiary/aromatic N) is 2. The molecule has 4 aliphatic rings. The summed E-state index contributed by atoms with van der Waals surface area (Å²) in [6, 6.07) is 5.01. The van der Waals surface area contributed by atoms with Gasteiger partial charge in [-0.2, -0.15) is 0 Å². The van der Waals surface area contributed by atoms with Crippen LogP contribution >= 0.6 is 11.6 Å². The minimum Gasteiger partial charge on any atom is -0.460 e. The molecule has 208 valence electrons. The SMILES string of the molecule is C[C@@H]1CNC(=O)CC/C=C\CN(c2ccccc2Cl)C(=O)[C@@H]2N([C@H](C)CO)C(=O)[C@H]3[C@H](C(=O)O1)[C@@H]1C=C[C@]23O1. The van der Waals surface area contributed by atoms with Crippen LogP contribution in [0.1, 0.15) is 26.7 Å². The molecular weight excluding hydrogens is 526 g/mol. The van der Waals surface area contributed by atoms with Crippen LogP contribution in [-0.4, -0.2) is 83.3 Å². The summed E-state index contributed by atoms with van der Waals surface area (Å²) in [6.07, 6.45) is 6.26. The van der Waals surface area contributed by atoms with Crippen molar-refractivity contribution >= 4 is 41.0 Å². The van der Waals surface area contributed by atoms with Gasteiger partial charge in [0.25, 0.3) is 5.91 Å². The van der Waals surface area contributed by atoms with Gasteiger partial charge in [0.15, 0.2) is 0 Å². The third kappa shape index (κ3) is 4.64. The van der Waals surface area contributed by atoms with E-state index in [1.807, 2.05) is 0 Å². The van der Waals surface area contributed by atoms with Gasteiger partial charge in [0.1, 0.15) is 23.7 Å². The smallest absolute Gasteiger partial charge is 0.313 e. The number of fused-ring (bicyclic) bond motifs is 2. The van der Waals surface area contributed by atoms with E-state index < -0.39 is 59.5 Å². The maximum absolute atomic E-state index is 14.5. The molecule has 2 saturated heterocycles. The van der Waals surface area contributed by atoms with Crippen molar-refractivity contribution in [1.82, 2.24) is 10.2 Å². The summed E-state index contributed by atoms with van der Waals surface area (Å²) < 4.78 is 12.0. The van der Waals surface area contributed by atoms with E-state index in [0.717, 1.165) is 0 Å². The van der Waals surface area contributed by atoms with E-state index in [4.69, 9.17) is 21.1 Å². The second-order valence-corrected chi connectivity index (χ2v) is 10.8. The Balaban J connectivity index is 1.62. The van der Waals surface area contributed by atoms with Crippen LogP contribution in [0.15, 0.2) is 48.6 Å². The number of ether oxygens (including phenoxy) is 2. The van der Waals surface area contributed by atoms with E-state index in [9.17, 15) is 24.3 Å². The third-order valence-corrected chi connectivity index (χ3v) is 8.18. The van der Waals surface area contributed by atoms with E-state index in [-0.39, 0.29) is 32.0 Å². The minimum absolute atomic E-state index is 0.118. The molecular formula is C28H32ClN3O7. The summed E-state index contributed by atoms with van der Waals surface area (Å²) in [5, 5.41) is 13.2. The van der Waals surface area contributed by atoms with Crippen molar-refractivity contribution in [2.45, 2.75) is 56.6 Å². The number of nitrogens with one attached hydrogen (secondary N) is 1. The van der Waals surface area contributed by atoms with Gasteiger partial charge in [0.05, 0.1) is 41.9 Å². The topological polar surface area (TPSA) is 125 Å². The van der Waals surface area contributed by atoms with Crippen molar-refractivity contribution in [3.63, 3.8) is 0 Å². The molecule has 4 heterocycles. The van der Waals surface area contributed by atoms with Gasteiger partial charge in [0, 0.05) is 13.0 Å². The molecule has 1 aromatic rings. The number of carbonyl (C=O) groups excluding carboxylic acids is 4. The number of aliphatic hydroxyl groups excluding tert-OH is 1. The first-order valence-corrected chi connectivity index (χ1v) is 13.6. The molecule has 2 N–H and O–H groups in total. The van der Waals surface area contributed by atoms with Crippen LogP contribution in [0.5, 0.6) is 0 Å².